The van der Waals surface area contributed by atoms with Gasteiger partial charge in [0.25, 0.3) is 0 Å². The standard InChI is InChI=1S/C28H29N7/c1-19-10-12-21(3)23(14-19)17-29-34-27-16-26(31-25-8-6-5-7-9-25)32-28(33-27)35-30-18-24-15-20(2)11-13-22(24)4/h5-18H,1-4H3,(H3,31,32,33,34,35). The second-order valence-corrected chi connectivity index (χ2v) is 8.41. The summed E-state index contributed by atoms with van der Waals surface area (Å²) in [5, 5.41) is 12.1. The first-order valence-corrected chi connectivity index (χ1v) is 11.4. The minimum Gasteiger partial charge on any atom is -0.340 e. The van der Waals surface area contributed by atoms with Crippen LogP contribution in [0.25, 0.3) is 0 Å². The van der Waals surface area contributed by atoms with E-state index >= 15 is 0 Å². The molecule has 35 heavy (non-hydrogen) atoms. The maximum atomic E-state index is 4.55. The number of hydrogen-bond donors (Lipinski definition) is 3. The van der Waals surface area contributed by atoms with Crippen molar-refractivity contribution in [2.45, 2.75) is 27.7 Å². The van der Waals surface area contributed by atoms with Crippen LogP contribution >= 0.6 is 0 Å². The second kappa shape index (κ2) is 11.1. The minimum atomic E-state index is 0.344. The molecule has 1 aromatic heterocycles. The van der Waals surface area contributed by atoms with Crippen molar-refractivity contribution >= 4 is 35.7 Å². The summed E-state index contributed by atoms with van der Waals surface area (Å²) in [7, 11) is 0. The monoisotopic (exact) mass is 463 g/mol. The molecule has 3 aromatic carbocycles. The first-order chi connectivity index (χ1) is 17.0. The zero-order valence-corrected chi connectivity index (χ0v) is 20.4. The first-order valence-electron chi connectivity index (χ1n) is 11.4. The van der Waals surface area contributed by atoms with Crippen LogP contribution in [-0.4, -0.2) is 22.4 Å². The van der Waals surface area contributed by atoms with Crippen molar-refractivity contribution < 1.29 is 0 Å². The molecule has 0 unspecified atom stereocenters. The molecule has 176 valence electrons. The molecule has 0 fully saturated rings. The number of hydrogen-bond acceptors (Lipinski definition) is 7. The molecule has 0 saturated heterocycles. The number of hydrazone groups is 2. The highest BCUT2D eigenvalue weighted by Crippen LogP contribution is 2.19. The van der Waals surface area contributed by atoms with E-state index in [0.717, 1.165) is 27.9 Å². The smallest absolute Gasteiger partial charge is 0.247 e. The summed E-state index contributed by atoms with van der Waals surface area (Å²) >= 11 is 0. The van der Waals surface area contributed by atoms with Gasteiger partial charge in [0.2, 0.25) is 5.95 Å². The van der Waals surface area contributed by atoms with Gasteiger partial charge < -0.3 is 5.32 Å². The van der Waals surface area contributed by atoms with E-state index in [0.29, 0.717) is 17.6 Å². The van der Waals surface area contributed by atoms with Crippen molar-refractivity contribution in [3.05, 3.63) is 106 Å². The Kier molecular flexibility index (Phi) is 7.47. The summed E-state index contributed by atoms with van der Waals surface area (Å²) < 4.78 is 0. The van der Waals surface area contributed by atoms with Crippen LogP contribution in [0.4, 0.5) is 23.3 Å². The predicted molar refractivity (Wildman–Crippen MR) is 146 cm³/mol. The molecule has 0 aliphatic heterocycles. The van der Waals surface area contributed by atoms with Crippen LogP contribution < -0.4 is 16.2 Å². The fourth-order valence-electron chi connectivity index (χ4n) is 3.41. The number of anilines is 4. The zero-order valence-electron chi connectivity index (χ0n) is 20.4. The maximum Gasteiger partial charge on any atom is 0.247 e. The summed E-state index contributed by atoms with van der Waals surface area (Å²) in [6, 6.07) is 24.1. The normalized spacial score (nSPS) is 11.2. The van der Waals surface area contributed by atoms with Crippen molar-refractivity contribution in [3.8, 4) is 0 Å². The lowest BCUT2D eigenvalue weighted by Gasteiger charge is -2.09. The van der Waals surface area contributed by atoms with E-state index in [1.807, 2.05) is 30.3 Å². The largest absolute Gasteiger partial charge is 0.340 e. The number of para-hydroxylation sites is 1. The quantitative estimate of drug-likeness (QED) is 0.209. The van der Waals surface area contributed by atoms with Crippen LogP contribution in [-0.2, 0) is 0 Å². The van der Waals surface area contributed by atoms with E-state index in [9.17, 15) is 0 Å². The van der Waals surface area contributed by atoms with Crippen molar-refractivity contribution in [1.29, 1.82) is 0 Å². The SMILES string of the molecule is Cc1ccc(C)c(C=NNc2cc(Nc3ccccc3)nc(NN=Cc3cc(C)ccc3C)n2)c1. The van der Waals surface area contributed by atoms with Crippen molar-refractivity contribution in [2.24, 2.45) is 10.2 Å². The lowest BCUT2D eigenvalue weighted by Crippen LogP contribution is -2.04. The van der Waals surface area contributed by atoms with Crippen molar-refractivity contribution in [2.75, 3.05) is 16.2 Å². The van der Waals surface area contributed by atoms with Gasteiger partial charge in [-0.1, -0.05) is 65.7 Å². The van der Waals surface area contributed by atoms with Crippen LogP contribution in [0.5, 0.6) is 0 Å². The van der Waals surface area contributed by atoms with Crippen molar-refractivity contribution in [3.63, 3.8) is 0 Å². The van der Waals surface area contributed by atoms with Gasteiger partial charge in [-0.15, -0.1) is 0 Å². The fraction of sp³-hybridized carbons (Fsp3) is 0.143. The average molecular weight is 464 g/mol. The second-order valence-electron chi connectivity index (χ2n) is 8.41. The Morgan fingerprint density at radius 3 is 1.83 bits per heavy atom. The molecule has 4 aromatic rings. The highest BCUT2D eigenvalue weighted by atomic mass is 15.4. The van der Waals surface area contributed by atoms with E-state index in [1.165, 1.54) is 11.1 Å². The van der Waals surface area contributed by atoms with Gasteiger partial charge in [0, 0.05) is 11.8 Å². The third-order valence-electron chi connectivity index (χ3n) is 5.39. The number of nitrogens with zero attached hydrogens (tertiary/aromatic N) is 4. The van der Waals surface area contributed by atoms with Crippen LogP contribution in [0, 0.1) is 27.7 Å². The van der Waals surface area contributed by atoms with E-state index in [2.05, 4.69) is 100 Å². The van der Waals surface area contributed by atoms with E-state index < -0.39 is 0 Å². The number of nitrogens with one attached hydrogen (secondary N) is 3. The fourth-order valence-corrected chi connectivity index (χ4v) is 3.41. The Labute approximate surface area is 206 Å². The Morgan fingerprint density at radius 2 is 1.20 bits per heavy atom. The molecule has 0 amide bonds. The van der Waals surface area contributed by atoms with Gasteiger partial charge in [-0.05, 0) is 62.1 Å². The zero-order chi connectivity index (χ0) is 24.6. The molecule has 1 heterocycles. The van der Waals surface area contributed by atoms with Crippen LogP contribution in [0.2, 0.25) is 0 Å². The van der Waals surface area contributed by atoms with E-state index in [-0.39, 0.29) is 0 Å². The third kappa shape index (κ3) is 6.74. The first kappa shape index (κ1) is 23.6. The predicted octanol–water partition coefficient (Wildman–Crippen LogP) is 6.35. The lowest BCUT2D eigenvalue weighted by atomic mass is 10.1. The van der Waals surface area contributed by atoms with Crippen LogP contribution in [0.1, 0.15) is 33.4 Å². The van der Waals surface area contributed by atoms with Crippen LogP contribution in [0.15, 0.2) is 83.0 Å². The topological polar surface area (TPSA) is 86.6 Å². The molecule has 3 N–H and O–H groups in total. The summed E-state index contributed by atoms with van der Waals surface area (Å²) in [5.41, 5.74) is 13.6. The van der Waals surface area contributed by atoms with Gasteiger partial charge >= 0.3 is 0 Å². The van der Waals surface area contributed by atoms with Gasteiger partial charge in [0.05, 0.1) is 12.4 Å². The summed E-state index contributed by atoms with van der Waals surface area (Å²) in [6.45, 7) is 8.23. The molecule has 0 spiro atoms. The number of aromatic nitrogens is 2. The Balaban J connectivity index is 1.56. The molecule has 0 atom stereocenters. The lowest BCUT2D eigenvalue weighted by molar-refractivity contribution is 1.10. The molecule has 7 heteroatoms. The molecule has 0 bridgehead atoms. The highest BCUT2D eigenvalue weighted by molar-refractivity contribution is 5.83. The van der Waals surface area contributed by atoms with Gasteiger partial charge in [0.15, 0.2) is 5.82 Å². The molecule has 0 saturated carbocycles. The summed E-state index contributed by atoms with van der Waals surface area (Å²) in [5.74, 6) is 1.49. The minimum absolute atomic E-state index is 0.344. The Morgan fingerprint density at radius 1 is 0.629 bits per heavy atom. The molecule has 0 aliphatic rings. The summed E-state index contributed by atoms with van der Waals surface area (Å²) in [4.78, 5) is 9.07. The van der Waals surface area contributed by atoms with Gasteiger partial charge in [-0.2, -0.15) is 20.2 Å². The van der Waals surface area contributed by atoms with Gasteiger partial charge in [-0.3, -0.25) is 5.43 Å². The van der Waals surface area contributed by atoms with Crippen molar-refractivity contribution in [1.82, 2.24) is 9.97 Å². The molecule has 0 aliphatic carbocycles. The summed E-state index contributed by atoms with van der Waals surface area (Å²) in [6.07, 6.45) is 3.56. The van der Waals surface area contributed by atoms with E-state index in [1.54, 1.807) is 18.5 Å². The van der Waals surface area contributed by atoms with Gasteiger partial charge in [0.1, 0.15) is 5.82 Å². The van der Waals surface area contributed by atoms with Gasteiger partial charge in [-0.25, -0.2) is 5.43 Å². The van der Waals surface area contributed by atoms with E-state index in [4.69, 9.17) is 0 Å². The molecular formula is C28H29N7. The average Bonchev–Trinajstić information content (AvgIpc) is 2.84. The molecule has 7 nitrogen and oxygen atoms in total. The highest BCUT2D eigenvalue weighted by Gasteiger charge is 2.05. The Hall–Kier alpha value is -4.52. The molecule has 4 rings (SSSR count). The van der Waals surface area contributed by atoms with Crippen LogP contribution in [0.3, 0.4) is 0 Å². The molecule has 0 radical (unpaired) electrons. The number of aryl methyl sites for hydroxylation is 4. The third-order valence-corrected chi connectivity index (χ3v) is 5.39. The Bertz CT molecular complexity index is 1280. The number of benzene rings is 3. The molecular weight excluding hydrogens is 434 g/mol. The number of rotatable bonds is 8. The maximum absolute atomic E-state index is 4.55.